The number of carbonyl (C=O) groups excluding carboxylic acids is 2. The van der Waals surface area contributed by atoms with Gasteiger partial charge in [-0.1, -0.05) is 39.5 Å². The average molecular weight is 425 g/mol. The molecule has 0 atom stereocenters. The van der Waals surface area contributed by atoms with Crippen LogP contribution in [0.15, 0.2) is 0 Å². The molecule has 2 saturated heterocycles. The molecule has 0 saturated carbocycles. The highest BCUT2D eigenvalue weighted by Crippen LogP contribution is 2.17. The van der Waals surface area contributed by atoms with E-state index in [0.29, 0.717) is 12.8 Å². The van der Waals surface area contributed by atoms with Gasteiger partial charge in [-0.15, -0.1) is 0 Å². The minimum absolute atomic E-state index is 0.0301. The first-order chi connectivity index (χ1) is 14.6. The van der Waals surface area contributed by atoms with E-state index in [2.05, 4.69) is 23.6 Å². The number of hydrogen-bond acceptors (Lipinski definition) is 6. The second-order valence-corrected chi connectivity index (χ2v) is 8.87. The molecule has 0 spiro atoms. The molecule has 0 radical (unpaired) electrons. The molecule has 0 amide bonds. The van der Waals surface area contributed by atoms with E-state index in [4.69, 9.17) is 9.47 Å². The lowest BCUT2D eigenvalue weighted by molar-refractivity contribution is -0.152. The maximum Gasteiger partial charge on any atom is 0.306 e. The van der Waals surface area contributed by atoms with E-state index in [0.717, 1.165) is 103 Å². The van der Waals surface area contributed by atoms with E-state index in [9.17, 15) is 9.59 Å². The van der Waals surface area contributed by atoms with Gasteiger partial charge in [-0.3, -0.25) is 9.59 Å². The quantitative estimate of drug-likeness (QED) is 0.327. The molecular weight excluding hydrogens is 380 g/mol. The lowest BCUT2D eigenvalue weighted by Crippen LogP contribution is -2.37. The van der Waals surface area contributed by atoms with Crippen LogP contribution in [0, 0.1) is 0 Å². The van der Waals surface area contributed by atoms with Gasteiger partial charge in [-0.2, -0.15) is 0 Å². The standard InChI is InChI=1S/C24H44N2O4/c1-3-25-17-13-21(14-18-25)29-23(27)11-9-7-5-6-8-10-12-24(28)30-22-15-19-26(4-2)20-16-22/h21-22H,3-20H2,1-2H3. The molecule has 0 aliphatic carbocycles. The van der Waals surface area contributed by atoms with Gasteiger partial charge in [0.05, 0.1) is 0 Å². The number of esters is 2. The van der Waals surface area contributed by atoms with Gasteiger partial charge in [0.25, 0.3) is 0 Å². The molecule has 2 heterocycles. The smallest absolute Gasteiger partial charge is 0.306 e. The number of rotatable bonds is 13. The highest BCUT2D eigenvalue weighted by Gasteiger charge is 2.22. The largest absolute Gasteiger partial charge is 0.462 e. The molecular formula is C24H44N2O4. The maximum atomic E-state index is 12.0. The number of nitrogens with zero attached hydrogens (tertiary/aromatic N) is 2. The third-order valence-electron chi connectivity index (χ3n) is 6.57. The van der Waals surface area contributed by atoms with Crippen LogP contribution in [0.4, 0.5) is 0 Å². The molecule has 6 heteroatoms. The number of likely N-dealkylation sites (tertiary alicyclic amines) is 2. The minimum atomic E-state index is -0.0301. The molecule has 6 nitrogen and oxygen atoms in total. The second-order valence-electron chi connectivity index (χ2n) is 8.87. The Hall–Kier alpha value is -1.14. The number of hydrogen-bond donors (Lipinski definition) is 0. The molecule has 2 aliphatic rings. The Labute approximate surface area is 183 Å². The number of unbranched alkanes of at least 4 members (excludes halogenated alkanes) is 5. The predicted molar refractivity (Wildman–Crippen MR) is 119 cm³/mol. The molecule has 2 rings (SSSR count). The normalized spacial score (nSPS) is 19.7. The third kappa shape index (κ3) is 10.3. The summed E-state index contributed by atoms with van der Waals surface area (Å²) in [6, 6.07) is 0. The van der Waals surface area contributed by atoms with Gasteiger partial charge in [0.1, 0.15) is 12.2 Å². The van der Waals surface area contributed by atoms with Crippen LogP contribution < -0.4 is 0 Å². The Morgan fingerprint density at radius 3 is 1.30 bits per heavy atom. The second kappa shape index (κ2) is 14.8. The molecule has 30 heavy (non-hydrogen) atoms. The van der Waals surface area contributed by atoms with E-state index in [1.165, 1.54) is 0 Å². The number of ether oxygens (including phenoxy) is 2. The van der Waals surface area contributed by atoms with Crippen LogP contribution in [0.3, 0.4) is 0 Å². The molecule has 0 aromatic heterocycles. The van der Waals surface area contributed by atoms with Crippen LogP contribution in [0.2, 0.25) is 0 Å². The summed E-state index contributed by atoms with van der Waals surface area (Å²) in [5.74, 6) is -0.0603. The first-order valence-corrected chi connectivity index (χ1v) is 12.4. The van der Waals surface area contributed by atoms with Crippen molar-refractivity contribution in [2.45, 2.75) is 103 Å². The summed E-state index contributed by atoms with van der Waals surface area (Å²) in [4.78, 5) is 28.8. The average Bonchev–Trinajstić information content (AvgIpc) is 2.76. The van der Waals surface area contributed by atoms with Crippen molar-refractivity contribution in [3.8, 4) is 0 Å². The Morgan fingerprint density at radius 2 is 0.967 bits per heavy atom. The van der Waals surface area contributed by atoms with Crippen molar-refractivity contribution in [2.24, 2.45) is 0 Å². The molecule has 0 N–H and O–H groups in total. The first kappa shape index (κ1) is 25.1. The summed E-state index contributed by atoms with van der Waals surface area (Å²) >= 11 is 0. The highest BCUT2D eigenvalue weighted by atomic mass is 16.5. The fourth-order valence-corrected chi connectivity index (χ4v) is 4.42. The van der Waals surface area contributed by atoms with Crippen LogP contribution in [-0.4, -0.2) is 73.2 Å². The Bertz CT molecular complexity index is 440. The highest BCUT2D eigenvalue weighted by molar-refractivity contribution is 5.69. The minimum Gasteiger partial charge on any atom is -0.462 e. The summed E-state index contributed by atoms with van der Waals surface area (Å²) in [5.41, 5.74) is 0. The van der Waals surface area contributed by atoms with Gasteiger partial charge in [-0.25, -0.2) is 0 Å². The predicted octanol–water partition coefficient (Wildman–Crippen LogP) is 4.16. The number of piperidine rings is 2. The van der Waals surface area contributed by atoms with E-state index < -0.39 is 0 Å². The Morgan fingerprint density at radius 1 is 0.633 bits per heavy atom. The molecule has 0 aromatic rings. The maximum absolute atomic E-state index is 12.0. The van der Waals surface area contributed by atoms with Gasteiger partial charge in [0.15, 0.2) is 0 Å². The first-order valence-electron chi connectivity index (χ1n) is 12.4. The van der Waals surface area contributed by atoms with E-state index >= 15 is 0 Å². The summed E-state index contributed by atoms with van der Waals surface area (Å²) in [6.07, 6.45) is 11.4. The zero-order valence-electron chi connectivity index (χ0n) is 19.4. The van der Waals surface area contributed by atoms with E-state index in [-0.39, 0.29) is 24.1 Å². The van der Waals surface area contributed by atoms with Gasteiger partial charge < -0.3 is 19.3 Å². The third-order valence-corrected chi connectivity index (χ3v) is 6.57. The Kier molecular flexibility index (Phi) is 12.4. The van der Waals surface area contributed by atoms with Crippen molar-refractivity contribution in [3.05, 3.63) is 0 Å². The van der Waals surface area contributed by atoms with Crippen LogP contribution in [0.1, 0.15) is 90.9 Å². The fraction of sp³-hybridized carbons (Fsp3) is 0.917. The summed E-state index contributed by atoms with van der Waals surface area (Å²) in [6.45, 7) is 10.7. The SMILES string of the molecule is CCN1CCC(OC(=O)CCCCCCCCC(=O)OC2CCN(CC)CC2)CC1. The van der Waals surface area contributed by atoms with Crippen LogP contribution in [0.5, 0.6) is 0 Å². The van der Waals surface area contributed by atoms with Gasteiger partial charge in [-0.05, 0) is 51.6 Å². The monoisotopic (exact) mass is 424 g/mol. The van der Waals surface area contributed by atoms with Gasteiger partial charge in [0, 0.05) is 39.0 Å². The van der Waals surface area contributed by atoms with Crippen molar-refractivity contribution in [2.75, 3.05) is 39.3 Å². The molecule has 2 aliphatic heterocycles. The van der Waals surface area contributed by atoms with Crippen LogP contribution >= 0.6 is 0 Å². The summed E-state index contributed by atoms with van der Waals surface area (Å²) in [7, 11) is 0. The van der Waals surface area contributed by atoms with Crippen molar-refractivity contribution in [1.29, 1.82) is 0 Å². The molecule has 174 valence electrons. The van der Waals surface area contributed by atoms with Crippen molar-refractivity contribution in [3.63, 3.8) is 0 Å². The molecule has 0 bridgehead atoms. The van der Waals surface area contributed by atoms with Gasteiger partial charge >= 0.3 is 11.9 Å². The lowest BCUT2D eigenvalue weighted by Gasteiger charge is -2.30. The molecule has 2 fully saturated rings. The topological polar surface area (TPSA) is 59.1 Å². The molecule has 0 unspecified atom stereocenters. The van der Waals surface area contributed by atoms with Gasteiger partial charge in [0.2, 0.25) is 0 Å². The zero-order valence-corrected chi connectivity index (χ0v) is 19.4. The zero-order chi connectivity index (χ0) is 21.6. The summed E-state index contributed by atoms with van der Waals surface area (Å²) in [5, 5.41) is 0. The molecule has 0 aromatic carbocycles. The van der Waals surface area contributed by atoms with Crippen LogP contribution in [0.25, 0.3) is 0 Å². The van der Waals surface area contributed by atoms with Crippen LogP contribution in [-0.2, 0) is 19.1 Å². The lowest BCUT2D eigenvalue weighted by atomic mass is 10.1. The van der Waals surface area contributed by atoms with Crippen molar-refractivity contribution < 1.29 is 19.1 Å². The number of carbonyl (C=O) groups is 2. The Balaban J connectivity index is 1.38. The van der Waals surface area contributed by atoms with Crippen molar-refractivity contribution >= 4 is 11.9 Å². The van der Waals surface area contributed by atoms with E-state index in [1.807, 2.05) is 0 Å². The van der Waals surface area contributed by atoms with Crippen molar-refractivity contribution in [1.82, 2.24) is 9.80 Å². The summed E-state index contributed by atoms with van der Waals surface area (Å²) < 4.78 is 11.2. The fourth-order valence-electron chi connectivity index (χ4n) is 4.42. The van der Waals surface area contributed by atoms with E-state index in [1.54, 1.807) is 0 Å².